The average molecular weight is 343 g/mol. The minimum absolute atomic E-state index is 0.0965. The van der Waals surface area contributed by atoms with Crippen LogP contribution in [0, 0.1) is 29.6 Å². The standard InChI is InChI=1S/C20H38O4/c1-9-16-12(4)11(3)13(5)20(23-16)24-18-14(6)17(10-2)22-19(21-8)15(18)7/h11-20H,9-10H2,1-8H3/t11-,12+,13?,14-,15?,16?,17?,18-,19+,20-/m0/s1. The first-order valence-electron chi connectivity index (χ1n) is 9.84. The van der Waals surface area contributed by atoms with E-state index in [0.29, 0.717) is 23.7 Å². The normalized spacial score (nSPS) is 50.0. The van der Waals surface area contributed by atoms with Crippen molar-refractivity contribution in [2.24, 2.45) is 29.6 Å². The molecule has 2 fully saturated rings. The van der Waals surface area contributed by atoms with Crippen LogP contribution in [0.15, 0.2) is 0 Å². The molecule has 0 aliphatic carbocycles. The lowest BCUT2D eigenvalue weighted by Crippen LogP contribution is -2.54. The summed E-state index contributed by atoms with van der Waals surface area (Å²) in [5.74, 6) is 2.09. The molecule has 2 saturated heterocycles. The van der Waals surface area contributed by atoms with Gasteiger partial charge in [-0.05, 0) is 24.7 Å². The van der Waals surface area contributed by atoms with Crippen molar-refractivity contribution in [3.63, 3.8) is 0 Å². The smallest absolute Gasteiger partial charge is 0.162 e. The molecule has 0 aromatic heterocycles. The third kappa shape index (κ3) is 3.82. The van der Waals surface area contributed by atoms with Crippen molar-refractivity contribution < 1.29 is 18.9 Å². The zero-order valence-corrected chi connectivity index (χ0v) is 16.8. The summed E-state index contributed by atoms with van der Waals surface area (Å²) in [4.78, 5) is 0. The van der Waals surface area contributed by atoms with Crippen LogP contribution < -0.4 is 0 Å². The molecule has 4 heteroatoms. The molecule has 2 aliphatic heterocycles. The summed E-state index contributed by atoms with van der Waals surface area (Å²) in [5, 5.41) is 0. The Morgan fingerprint density at radius 2 is 1.21 bits per heavy atom. The van der Waals surface area contributed by atoms with Gasteiger partial charge in [0, 0.05) is 24.9 Å². The second kappa shape index (κ2) is 8.48. The van der Waals surface area contributed by atoms with Gasteiger partial charge in [-0.2, -0.15) is 0 Å². The van der Waals surface area contributed by atoms with E-state index in [1.165, 1.54) is 0 Å². The fraction of sp³-hybridized carbons (Fsp3) is 1.00. The third-order valence-electron chi connectivity index (χ3n) is 6.67. The summed E-state index contributed by atoms with van der Waals surface area (Å²) in [7, 11) is 1.72. The maximum atomic E-state index is 6.60. The minimum atomic E-state index is -0.201. The van der Waals surface area contributed by atoms with Crippen LogP contribution in [-0.2, 0) is 18.9 Å². The number of rotatable bonds is 5. The lowest BCUT2D eigenvalue weighted by Gasteiger charge is -2.49. The van der Waals surface area contributed by atoms with Gasteiger partial charge >= 0.3 is 0 Å². The Kier molecular flexibility index (Phi) is 7.12. The average Bonchev–Trinajstić information content (AvgIpc) is 2.58. The van der Waals surface area contributed by atoms with Crippen molar-refractivity contribution in [1.29, 1.82) is 0 Å². The van der Waals surface area contributed by atoms with Crippen LogP contribution in [0.4, 0.5) is 0 Å². The Morgan fingerprint density at radius 1 is 0.667 bits per heavy atom. The zero-order chi connectivity index (χ0) is 18.0. The molecule has 24 heavy (non-hydrogen) atoms. The van der Waals surface area contributed by atoms with Crippen molar-refractivity contribution >= 4 is 0 Å². The maximum Gasteiger partial charge on any atom is 0.162 e. The number of hydrogen-bond donors (Lipinski definition) is 0. The Balaban J connectivity index is 2.14. The van der Waals surface area contributed by atoms with Gasteiger partial charge in [0.15, 0.2) is 12.6 Å². The predicted molar refractivity (Wildman–Crippen MR) is 95.6 cm³/mol. The number of ether oxygens (including phenoxy) is 4. The van der Waals surface area contributed by atoms with Crippen LogP contribution in [0.2, 0.25) is 0 Å². The summed E-state index contributed by atoms with van der Waals surface area (Å²) in [6.45, 7) is 15.7. The van der Waals surface area contributed by atoms with E-state index < -0.39 is 0 Å². The number of hydrogen-bond acceptors (Lipinski definition) is 4. The highest BCUT2D eigenvalue weighted by molar-refractivity contribution is 4.88. The van der Waals surface area contributed by atoms with Gasteiger partial charge in [-0.15, -0.1) is 0 Å². The highest BCUT2D eigenvalue weighted by atomic mass is 16.7. The van der Waals surface area contributed by atoms with Gasteiger partial charge in [0.05, 0.1) is 18.3 Å². The topological polar surface area (TPSA) is 36.9 Å². The molecule has 0 spiro atoms. The van der Waals surface area contributed by atoms with Crippen LogP contribution in [0.3, 0.4) is 0 Å². The quantitative estimate of drug-likeness (QED) is 0.739. The van der Waals surface area contributed by atoms with E-state index in [4.69, 9.17) is 18.9 Å². The molecular weight excluding hydrogens is 304 g/mol. The highest BCUT2D eigenvalue weighted by Crippen LogP contribution is 2.40. The van der Waals surface area contributed by atoms with Crippen LogP contribution in [0.25, 0.3) is 0 Å². The second-order valence-corrected chi connectivity index (χ2v) is 8.03. The first kappa shape index (κ1) is 20.2. The molecule has 10 atom stereocenters. The molecule has 0 aromatic carbocycles. The van der Waals surface area contributed by atoms with Gasteiger partial charge in [-0.3, -0.25) is 0 Å². The summed E-state index contributed by atoms with van der Waals surface area (Å²) in [6, 6.07) is 0. The largest absolute Gasteiger partial charge is 0.355 e. The monoisotopic (exact) mass is 342 g/mol. The van der Waals surface area contributed by atoms with Crippen LogP contribution >= 0.6 is 0 Å². The Bertz CT molecular complexity index is 370. The van der Waals surface area contributed by atoms with E-state index >= 15 is 0 Å². The second-order valence-electron chi connectivity index (χ2n) is 8.03. The molecule has 2 rings (SSSR count). The van der Waals surface area contributed by atoms with E-state index in [0.717, 1.165) is 12.8 Å². The summed E-state index contributed by atoms with van der Waals surface area (Å²) < 4.78 is 24.6. The molecule has 0 radical (unpaired) electrons. The van der Waals surface area contributed by atoms with Crippen LogP contribution in [-0.4, -0.2) is 38.0 Å². The van der Waals surface area contributed by atoms with Crippen molar-refractivity contribution in [1.82, 2.24) is 0 Å². The molecule has 0 bridgehead atoms. The van der Waals surface area contributed by atoms with Gasteiger partial charge in [0.25, 0.3) is 0 Å². The molecule has 0 saturated carbocycles. The zero-order valence-electron chi connectivity index (χ0n) is 16.8. The van der Waals surface area contributed by atoms with Crippen LogP contribution in [0.1, 0.15) is 61.3 Å². The fourth-order valence-corrected chi connectivity index (χ4v) is 4.52. The molecular formula is C20H38O4. The summed E-state index contributed by atoms with van der Waals surface area (Å²) >= 11 is 0. The minimum Gasteiger partial charge on any atom is -0.355 e. The summed E-state index contributed by atoms with van der Waals surface area (Å²) in [5.41, 5.74) is 0. The molecule has 142 valence electrons. The van der Waals surface area contributed by atoms with E-state index in [1.807, 2.05) is 0 Å². The van der Waals surface area contributed by atoms with E-state index in [2.05, 4.69) is 48.5 Å². The van der Waals surface area contributed by atoms with Gasteiger partial charge in [0.2, 0.25) is 0 Å². The fourth-order valence-electron chi connectivity index (χ4n) is 4.52. The molecule has 4 nitrogen and oxygen atoms in total. The molecule has 0 N–H and O–H groups in total. The predicted octanol–water partition coefficient (Wildman–Crippen LogP) is 4.47. The van der Waals surface area contributed by atoms with E-state index in [9.17, 15) is 0 Å². The molecule has 0 amide bonds. The highest BCUT2D eigenvalue weighted by Gasteiger charge is 2.46. The van der Waals surface area contributed by atoms with Crippen molar-refractivity contribution in [3.8, 4) is 0 Å². The molecule has 4 unspecified atom stereocenters. The van der Waals surface area contributed by atoms with Gasteiger partial charge in [0.1, 0.15) is 0 Å². The first-order chi connectivity index (χ1) is 11.3. The molecule has 0 aromatic rings. The van der Waals surface area contributed by atoms with E-state index in [1.54, 1.807) is 7.11 Å². The van der Waals surface area contributed by atoms with Crippen molar-refractivity contribution in [3.05, 3.63) is 0 Å². The molecule has 2 heterocycles. The van der Waals surface area contributed by atoms with E-state index in [-0.39, 0.29) is 36.8 Å². The van der Waals surface area contributed by atoms with Gasteiger partial charge in [-0.1, -0.05) is 48.5 Å². The van der Waals surface area contributed by atoms with Gasteiger partial charge < -0.3 is 18.9 Å². The summed E-state index contributed by atoms with van der Waals surface area (Å²) in [6.07, 6.45) is 2.23. The number of methoxy groups -OCH3 is 1. The van der Waals surface area contributed by atoms with Crippen LogP contribution in [0.5, 0.6) is 0 Å². The lowest BCUT2D eigenvalue weighted by atomic mass is 9.78. The van der Waals surface area contributed by atoms with Crippen molar-refractivity contribution in [2.75, 3.05) is 7.11 Å². The molecule has 2 aliphatic rings. The Labute approximate surface area is 148 Å². The third-order valence-corrected chi connectivity index (χ3v) is 6.67. The Hall–Kier alpha value is -0.160. The van der Waals surface area contributed by atoms with Crippen molar-refractivity contribution in [2.45, 2.75) is 92.2 Å². The first-order valence-corrected chi connectivity index (χ1v) is 9.84. The Morgan fingerprint density at radius 3 is 1.75 bits per heavy atom. The lowest BCUT2D eigenvalue weighted by molar-refractivity contribution is -0.318. The maximum absolute atomic E-state index is 6.60. The SMILES string of the molecule is CCC1O[C@@H](O[C@@H]2C(C)[C@H](OC)OC(CC)[C@@H]2C)C(C)[C@@H](C)[C@H]1C. The van der Waals surface area contributed by atoms with Gasteiger partial charge in [-0.25, -0.2) is 0 Å².